The summed E-state index contributed by atoms with van der Waals surface area (Å²) >= 11 is 0. The minimum atomic E-state index is -1.04. The van der Waals surface area contributed by atoms with Crippen molar-refractivity contribution in [3.8, 4) is 0 Å². The van der Waals surface area contributed by atoms with E-state index in [9.17, 15) is 34.6 Å². The van der Waals surface area contributed by atoms with Gasteiger partial charge in [-0.3, -0.25) is 29.9 Å². The van der Waals surface area contributed by atoms with Crippen LogP contribution < -0.4 is 0 Å². The number of carbonyl (C=O) groups excluding carboxylic acids is 3. The van der Waals surface area contributed by atoms with E-state index in [1.54, 1.807) is 0 Å². The minimum Gasteiger partial charge on any atom is -0.460 e. The van der Waals surface area contributed by atoms with Crippen LogP contribution in [0.4, 0.5) is 11.4 Å². The Balaban J connectivity index is 1.43. The fraction of sp³-hybridized carbons (Fsp3) is 0.276. The number of non-ortho nitro benzene ring substituents is 2. The van der Waals surface area contributed by atoms with Crippen molar-refractivity contribution in [2.24, 2.45) is 0 Å². The van der Waals surface area contributed by atoms with Crippen LogP contribution in [0.1, 0.15) is 45.7 Å². The van der Waals surface area contributed by atoms with Crippen LogP contribution in [0.3, 0.4) is 0 Å². The van der Waals surface area contributed by atoms with Crippen molar-refractivity contribution < 1.29 is 38.4 Å². The smallest absolute Gasteiger partial charge is 0.338 e. The van der Waals surface area contributed by atoms with E-state index in [1.807, 2.05) is 42.2 Å². The van der Waals surface area contributed by atoms with Crippen molar-refractivity contribution in [3.63, 3.8) is 0 Å². The number of hydrogen-bond donors (Lipinski definition) is 0. The molecule has 216 valence electrons. The minimum absolute atomic E-state index is 0.0280. The van der Waals surface area contributed by atoms with Crippen molar-refractivity contribution in [2.45, 2.75) is 43.7 Å². The summed E-state index contributed by atoms with van der Waals surface area (Å²) in [5.41, 5.74) is 0.670. The molecular weight excluding hydrogens is 550 g/mol. The number of benzene rings is 3. The number of rotatable bonds is 9. The molecule has 5 atom stereocenters. The van der Waals surface area contributed by atoms with Gasteiger partial charge in [-0.15, -0.1) is 0 Å². The SMILES string of the molecule is C[C@@H](c1ccccc1)N1[C@H](COC(=O)c2ccc([N+](=O)[O-])cc2)[C@H](OC(=O)c2ccc([N+](=O)[O-])cc2)[C@@H]2OC(=O)C[C@@H]21. The number of likely N-dealkylation sites (tertiary alicyclic amines) is 1. The number of nitro benzene ring substituents is 2. The highest BCUT2D eigenvalue weighted by Gasteiger charge is 2.58. The zero-order valence-electron chi connectivity index (χ0n) is 22.2. The summed E-state index contributed by atoms with van der Waals surface area (Å²) in [5.74, 6) is -2.00. The average molecular weight is 576 g/mol. The topological polar surface area (TPSA) is 168 Å². The first kappa shape index (κ1) is 28.4. The van der Waals surface area contributed by atoms with Gasteiger partial charge in [0.05, 0.1) is 39.5 Å². The van der Waals surface area contributed by atoms with E-state index in [0.29, 0.717) is 0 Å². The van der Waals surface area contributed by atoms with E-state index < -0.39 is 52.0 Å². The summed E-state index contributed by atoms with van der Waals surface area (Å²) in [6.07, 6.45) is -1.87. The van der Waals surface area contributed by atoms with Crippen LogP contribution in [-0.4, -0.2) is 63.6 Å². The predicted molar refractivity (Wildman–Crippen MR) is 144 cm³/mol. The molecule has 0 spiro atoms. The Morgan fingerprint density at radius 3 is 2.00 bits per heavy atom. The molecule has 3 aromatic rings. The van der Waals surface area contributed by atoms with Gasteiger partial charge < -0.3 is 14.2 Å². The van der Waals surface area contributed by atoms with Gasteiger partial charge in [0.25, 0.3) is 11.4 Å². The Kier molecular flexibility index (Phi) is 7.93. The Bertz CT molecular complexity index is 1510. The molecule has 0 bridgehead atoms. The molecule has 2 aliphatic rings. The maximum absolute atomic E-state index is 13.2. The van der Waals surface area contributed by atoms with Gasteiger partial charge in [0, 0.05) is 30.3 Å². The highest BCUT2D eigenvalue weighted by Crippen LogP contribution is 2.42. The summed E-state index contributed by atoms with van der Waals surface area (Å²) in [5, 5.41) is 22.0. The fourth-order valence-corrected chi connectivity index (χ4v) is 5.44. The van der Waals surface area contributed by atoms with Crippen LogP contribution in [0.2, 0.25) is 0 Å². The van der Waals surface area contributed by atoms with E-state index in [1.165, 1.54) is 48.5 Å². The molecule has 0 aromatic heterocycles. The standard InChI is InChI=1S/C29H25N3O10/c1-17(18-5-3-2-4-6-18)30-23-15-25(33)41-26(23)27(42-29(35)20-9-13-22(14-10-20)32(38)39)24(30)16-40-28(34)19-7-11-21(12-8-19)31(36)37/h2-14,17,23-24,26-27H,15-16H2,1H3/t17-,23-,24+,26+,27-/m0/s1. The summed E-state index contributed by atoms with van der Waals surface area (Å²) in [7, 11) is 0. The second-order valence-corrected chi connectivity index (χ2v) is 9.90. The molecule has 2 heterocycles. The lowest BCUT2D eigenvalue weighted by Gasteiger charge is -2.34. The Hall–Kier alpha value is -5.17. The molecule has 0 aliphatic carbocycles. The third-order valence-electron chi connectivity index (χ3n) is 7.48. The molecule has 13 heteroatoms. The van der Waals surface area contributed by atoms with E-state index in [0.717, 1.165) is 5.56 Å². The van der Waals surface area contributed by atoms with E-state index >= 15 is 0 Å². The number of carbonyl (C=O) groups is 3. The molecule has 2 aliphatic heterocycles. The van der Waals surface area contributed by atoms with Crippen molar-refractivity contribution in [1.29, 1.82) is 0 Å². The molecule has 5 rings (SSSR count). The Morgan fingerprint density at radius 1 is 0.905 bits per heavy atom. The Morgan fingerprint density at radius 2 is 1.45 bits per heavy atom. The molecule has 2 fully saturated rings. The molecule has 2 saturated heterocycles. The van der Waals surface area contributed by atoms with Crippen LogP contribution in [0.25, 0.3) is 0 Å². The lowest BCUT2D eigenvalue weighted by atomic mass is 10.0. The van der Waals surface area contributed by atoms with Crippen LogP contribution in [0.15, 0.2) is 78.9 Å². The monoisotopic (exact) mass is 575 g/mol. The Labute approximate surface area is 238 Å². The lowest BCUT2D eigenvalue weighted by molar-refractivity contribution is -0.385. The van der Waals surface area contributed by atoms with E-state index in [2.05, 4.69) is 0 Å². The zero-order valence-corrected chi connectivity index (χ0v) is 22.2. The van der Waals surface area contributed by atoms with Gasteiger partial charge in [-0.25, -0.2) is 9.59 Å². The maximum atomic E-state index is 13.2. The van der Waals surface area contributed by atoms with Crippen molar-refractivity contribution in [1.82, 2.24) is 4.90 Å². The molecule has 42 heavy (non-hydrogen) atoms. The highest BCUT2D eigenvalue weighted by atomic mass is 16.6. The first-order valence-electron chi connectivity index (χ1n) is 13.0. The first-order chi connectivity index (χ1) is 20.1. The number of fused-ring (bicyclic) bond motifs is 1. The molecule has 0 radical (unpaired) electrons. The number of esters is 3. The summed E-state index contributed by atoms with van der Waals surface area (Å²) in [4.78, 5) is 61.2. The number of ether oxygens (including phenoxy) is 3. The van der Waals surface area contributed by atoms with Gasteiger partial charge in [0.15, 0.2) is 12.2 Å². The zero-order chi connectivity index (χ0) is 30.0. The number of nitro groups is 2. The van der Waals surface area contributed by atoms with Crippen LogP contribution in [0.5, 0.6) is 0 Å². The van der Waals surface area contributed by atoms with Gasteiger partial charge in [0.1, 0.15) is 6.61 Å². The average Bonchev–Trinajstić information content (AvgIpc) is 3.50. The van der Waals surface area contributed by atoms with Crippen molar-refractivity contribution in [3.05, 3.63) is 116 Å². The van der Waals surface area contributed by atoms with E-state index in [-0.39, 0.29) is 41.6 Å². The van der Waals surface area contributed by atoms with Gasteiger partial charge in [-0.05, 0) is 36.8 Å². The molecule has 13 nitrogen and oxygen atoms in total. The summed E-state index contributed by atoms with van der Waals surface area (Å²) in [6, 6.07) is 17.7. The number of hydrogen-bond acceptors (Lipinski definition) is 11. The molecular formula is C29H25N3O10. The van der Waals surface area contributed by atoms with Gasteiger partial charge in [-0.1, -0.05) is 30.3 Å². The largest absolute Gasteiger partial charge is 0.460 e. The fourth-order valence-electron chi connectivity index (χ4n) is 5.44. The third kappa shape index (κ3) is 5.67. The molecule has 0 unspecified atom stereocenters. The van der Waals surface area contributed by atoms with Crippen LogP contribution in [-0.2, 0) is 19.0 Å². The van der Waals surface area contributed by atoms with Gasteiger partial charge in [-0.2, -0.15) is 0 Å². The third-order valence-corrected chi connectivity index (χ3v) is 7.48. The highest BCUT2D eigenvalue weighted by molar-refractivity contribution is 5.90. The second kappa shape index (κ2) is 11.7. The van der Waals surface area contributed by atoms with Crippen LogP contribution >= 0.6 is 0 Å². The maximum Gasteiger partial charge on any atom is 0.338 e. The molecule has 0 amide bonds. The second-order valence-electron chi connectivity index (χ2n) is 9.90. The lowest BCUT2D eigenvalue weighted by Crippen LogP contribution is -2.45. The molecule has 0 saturated carbocycles. The van der Waals surface area contributed by atoms with Gasteiger partial charge >= 0.3 is 17.9 Å². The normalized spacial score (nSPS) is 22.1. The van der Waals surface area contributed by atoms with Crippen molar-refractivity contribution >= 4 is 29.3 Å². The first-order valence-corrected chi connectivity index (χ1v) is 13.0. The quantitative estimate of drug-likeness (QED) is 0.156. The van der Waals surface area contributed by atoms with Crippen molar-refractivity contribution in [2.75, 3.05) is 6.61 Å². The molecule has 0 N–H and O–H groups in total. The molecule has 3 aromatic carbocycles. The summed E-state index contributed by atoms with van der Waals surface area (Å²) in [6.45, 7) is 1.66. The predicted octanol–water partition coefficient (Wildman–Crippen LogP) is 4.01. The van der Waals surface area contributed by atoms with Gasteiger partial charge in [0.2, 0.25) is 0 Å². The number of nitrogens with zero attached hydrogens (tertiary/aromatic N) is 3. The van der Waals surface area contributed by atoms with Crippen LogP contribution in [0, 0.1) is 20.2 Å². The van der Waals surface area contributed by atoms with E-state index in [4.69, 9.17) is 14.2 Å². The summed E-state index contributed by atoms with van der Waals surface area (Å²) < 4.78 is 17.1.